The number of ketones is 1. The van der Waals surface area contributed by atoms with Crippen LogP contribution in [0.5, 0.6) is 0 Å². The molecule has 1 aromatic heterocycles. The zero-order valence-electron chi connectivity index (χ0n) is 16.1. The number of carbonyl (C=O) groups excluding carboxylic acids is 2. The Balaban J connectivity index is 1.45. The molecule has 142 valence electrons. The molecule has 2 aromatic rings. The van der Waals surface area contributed by atoms with Crippen molar-refractivity contribution in [2.45, 2.75) is 33.2 Å². The zero-order valence-corrected chi connectivity index (χ0v) is 16.1. The number of hydrogen-bond acceptors (Lipinski definition) is 4. The van der Waals surface area contributed by atoms with Crippen LogP contribution in [0.15, 0.2) is 42.6 Å². The van der Waals surface area contributed by atoms with Gasteiger partial charge in [-0.05, 0) is 37.6 Å². The van der Waals surface area contributed by atoms with E-state index in [0.29, 0.717) is 13.1 Å². The van der Waals surface area contributed by atoms with E-state index in [2.05, 4.69) is 9.88 Å². The molecule has 27 heavy (non-hydrogen) atoms. The van der Waals surface area contributed by atoms with Crippen molar-refractivity contribution in [3.05, 3.63) is 65.0 Å². The van der Waals surface area contributed by atoms with Crippen LogP contribution in [0.25, 0.3) is 0 Å². The van der Waals surface area contributed by atoms with Gasteiger partial charge in [-0.25, -0.2) is 0 Å². The molecule has 5 nitrogen and oxygen atoms in total. The van der Waals surface area contributed by atoms with Gasteiger partial charge in [0.05, 0.1) is 5.69 Å². The molecule has 0 spiro atoms. The molecule has 0 N–H and O–H groups in total. The SMILES string of the molecule is Cc1ccc(C)c(C(=O)CCC(=O)N2CCN(Cc3ccccn3)CC2)c1. The minimum Gasteiger partial charge on any atom is -0.340 e. The normalized spacial score (nSPS) is 15.0. The summed E-state index contributed by atoms with van der Waals surface area (Å²) in [7, 11) is 0. The quantitative estimate of drug-likeness (QED) is 0.739. The molecular weight excluding hydrogens is 338 g/mol. The summed E-state index contributed by atoms with van der Waals surface area (Å²) in [6.07, 6.45) is 2.37. The summed E-state index contributed by atoms with van der Waals surface area (Å²) in [5, 5.41) is 0. The minimum atomic E-state index is 0.0540. The Morgan fingerprint density at radius 3 is 2.48 bits per heavy atom. The standard InChI is InChI=1S/C22H27N3O2/c1-17-6-7-18(2)20(15-17)21(26)8-9-22(27)25-13-11-24(12-14-25)16-19-5-3-4-10-23-19/h3-7,10,15H,8-9,11-14,16H2,1-2H3. The van der Waals surface area contributed by atoms with Gasteiger partial charge < -0.3 is 4.90 Å². The molecule has 1 aliphatic heterocycles. The summed E-state index contributed by atoms with van der Waals surface area (Å²) in [6, 6.07) is 11.8. The van der Waals surface area contributed by atoms with Gasteiger partial charge in [0, 0.05) is 57.3 Å². The third-order valence-electron chi connectivity index (χ3n) is 5.10. The average Bonchev–Trinajstić information content (AvgIpc) is 2.69. The Morgan fingerprint density at radius 1 is 1.00 bits per heavy atom. The molecule has 5 heteroatoms. The zero-order chi connectivity index (χ0) is 19.2. The third-order valence-corrected chi connectivity index (χ3v) is 5.10. The van der Waals surface area contributed by atoms with Crippen LogP contribution in [-0.2, 0) is 11.3 Å². The first-order valence-electron chi connectivity index (χ1n) is 9.53. The van der Waals surface area contributed by atoms with Crippen molar-refractivity contribution in [2.75, 3.05) is 26.2 Å². The molecule has 1 fully saturated rings. The predicted octanol–water partition coefficient (Wildman–Crippen LogP) is 3.01. The Kier molecular flexibility index (Phi) is 6.35. The number of nitrogens with zero attached hydrogens (tertiary/aromatic N) is 3. The maximum Gasteiger partial charge on any atom is 0.223 e. The van der Waals surface area contributed by atoms with E-state index in [1.807, 2.05) is 61.3 Å². The summed E-state index contributed by atoms with van der Waals surface area (Å²) in [5.41, 5.74) is 3.83. The van der Waals surface area contributed by atoms with Crippen molar-refractivity contribution >= 4 is 11.7 Å². The van der Waals surface area contributed by atoms with Crippen LogP contribution in [-0.4, -0.2) is 52.7 Å². The first kappa shape index (κ1) is 19.2. The molecule has 0 radical (unpaired) electrons. The van der Waals surface area contributed by atoms with Crippen molar-refractivity contribution in [1.82, 2.24) is 14.8 Å². The number of aryl methyl sites for hydroxylation is 2. The van der Waals surface area contributed by atoms with Crippen LogP contribution in [0.2, 0.25) is 0 Å². The van der Waals surface area contributed by atoms with Gasteiger partial charge in [-0.2, -0.15) is 0 Å². The smallest absolute Gasteiger partial charge is 0.223 e. The van der Waals surface area contributed by atoms with Crippen LogP contribution < -0.4 is 0 Å². The van der Waals surface area contributed by atoms with Gasteiger partial charge in [-0.15, -0.1) is 0 Å². The highest BCUT2D eigenvalue weighted by Gasteiger charge is 2.22. The Hall–Kier alpha value is -2.53. The number of carbonyl (C=O) groups is 2. The van der Waals surface area contributed by atoms with E-state index in [1.54, 1.807) is 0 Å². The van der Waals surface area contributed by atoms with Crippen LogP contribution in [0.3, 0.4) is 0 Å². The Bertz CT molecular complexity index is 796. The van der Waals surface area contributed by atoms with E-state index in [1.165, 1.54) is 0 Å². The van der Waals surface area contributed by atoms with Crippen LogP contribution in [0.4, 0.5) is 0 Å². The van der Waals surface area contributed by atoms with Crippen molar-refractivity contribution < 1.29 is 9.59 Å². The second-order valence-electron chi connectivity index (χ2n) is 7.22. The summed E-state index contributed by atoms with van der Waals surface area (Å²) >= 11 is 0. The Labute approximate surface area is 161 Å². The van der Waals surface area contributed by atoms with Gasteiger partial charge >= 0.3 is 0 Å². The maximum atomic E-state index is 12.5. The number of piperazine rings is 1. The number of hydrogen-bond donors (Lipinski definition) is 0. The van der Waals surface area contributed by atoms with Crippen LogP contribution in [0.1, 0.15) is 40.0 Å². The molecule has 0 bridgehead atoms. The van der Waals surface area contributed by atoms with Crippen molar-refractivity contribution in [1.29, 1.82) is 0 Å². The molecule has 0 unspecified atom stereocenters. The number of benzene rings is 1. The second-order valence-corrected chi connectivity index (χ2v) is 7.22. The second kappa shape index (κ2) is 8.91. The summed E-state index contributed by atoms with van der Waals surface area (Å²) in [4.78, 5) is 33.5. The third kappa shape index (κ3) is 5.23. The molecule has 0 atom stereocenters. The van der Waals surface area contributed by atoms with E-state index in [4.69, 9.17) is 0 Å². The highest BCUT2D eigenvalue weighted by Crippen LogP contribution is 2.15. The van der Waals surface area contributed by atoms with Crippen LogP contribution >= 0.6 is 0 Å². The number of pyridine rings is 1. The molecule has 1 aromatic carbocycles. The number of Topliss-reactive ketones (excluding diaryl/α,β-unsaturated/α-hetero) is 1. The highest BCUT2D eigenvalue weighted by molar-refractivity contribution is 5.99. The molecule has 1 saturated heterocycles. The fourth-order valence-electron chi connectivity index (χ4n) is 3.43. The van der Waals surface area contributed by atoms with E-state index in [0.717, 1.165) is 42.0 Å². The van der Waals surface area contributed by atoms with Gasteiger partial charge in [0.25, 0.3) is 0 Å². The fraction of sp³-hybridized carbons (Fsp3) is 0.409. The molecule has 1 amide bonds. The number of rotatable bonds is 6. The average molecular weight is 365 g/mol. The van der Waals surface area contributed by atoms with Crippen molar-refractivity contribution in [2.24, 2.45) is 0 Å². The maximum absolute atomic E-state index is 12.5. The van der Waals surface area contributed by atoms with Gasteiger partial charge in [0.1, 0.15) is 0 Å². The molecule has 0 aliphatic carbocycles. The van der Waals surface area contributed by atoms with E-state index < -0.39 is 0 Å². The van der Waals surface area contributed by atoms with E-state index in [9.17, 15) is 9.59 Å². The van der Waals surface area contributed by atoms with Crippen molar-refractivity contribution in [3.8, 4) is 0 Å². The molecule has 2 heterocycles. The molecular formula is C22H27N3O2. The Morgan fingerprint density at radius 2 is 1.78 bits per heavy atom. The number of amides is 1. The first-order chi connectivity index (χ1) is 13.0. The molecule has 0 saturated carbocycles. The fourth-order valence-corrected chi connectivity index (χ4v) is 3.43. The minimum absolute atomic E-state index is 0.0540. The largest absolute Gasteiger partial charge is 0.340 e. The monoisotopic (exact) mass is 365 g/mol. The lowest BCUT2D eigenvalue weighted by Gasteiger charge is -2.34. The lowest BCUT2D eigenvalue weighted by atomic mass is 9.99. The van der Waals surface area contributed by atoms with E-state index >= 15 is 0 Å². The van der Waals surface area contributed by atoms with Gasteiger partial charge in [0.2, 0.25) is 5.91 Å². The predicted molar refractivity (Wildman–Crippen MR) is 106 cm³/mol. The lowest BCUT2D eigenvalue weighted by molar-refractivity contribution is -0.133. The molecule has 1 aliphatic rings. The van der Waals surface area contributed by atoms with Gasteiger partial charge in [-0.1, -0.05) is 23.8 Å². The summed E-state index contributed by atoms with van der Waals surface area (Å²) in [6.45, 7) is 7.84. The van der Waals surface area contributed by atoms with Crippen molar-refractivity contribution in [3.63, 3.8) is 0 Å². The highest BCUT2D eigenvalue weighted by atomic mass is 16.2. The summed E-state index contributed by atoms with van der Waals surface area (Å²) in [5.74, 6) is 0.129. The lowest BCUT2D eigenvalue weighted by Crippen LogP contribution is -2.48. The molecule has 3 rings (SSSR count). The van der Waals surface area contributed by atoms with E-state index in [-0.39, 0.29) is 24.5 Å². The first-order valence-corrected chi connectivity index (χ1v) is 9.53. The van der Waals surface area contributed by atoms with Gasteiger partial charge in [-0.3, -0.25) is 19.5 Å². The number of aromatic nitrogens is 1. The van der Waals surface area contributed by atoms with Gasteiger partial charge in [0.15, 0.2) is 5.78 Å². The topological polar surface area (TPSA) is 53.5 Å². The summed E-state index contributed by atoms with van der Waals surface area (Å²) < 4.78 is 0. The van der Waals surface area contributed by atoms with Crippen LogP contribution in [0, 0.1) is 13.8 Å².